The summed E-state index contributed by atoms with van der Waals surface area (Å²) in [6.07, 6.45) is 5.74. The van der Waals surface area contributed by atoms with Crippen molar-refractivity contribution in [3.05, 3.63) is 46.6 Å². The minimum absolute atomic E-state index is 0.144. The van der Waals surface area contributed by atoms with Crippen molar-refractivity contribution in [2.75, 3.05) is 11.1 Å². The van der Waals surface area contributed by atoms with Gasteiger partial charge in [-0.25, -0.2) is 0 Å². The van der Waals surface area contributed by atoms with Crippen LogP contribution in [0.4, 0.5) is 5.82 Å². The standard InChI is InChI=1S/C23H27N7OS/c1-15-8-7-11-19(12-15)30-23(26-27-28-30)32-14-21(31)25-22-20(13-24)16(2)17(3)29(22)18-9-5-4-6-10-18/h7-8,11-12,18H,4-6,9-10,14H2,1-3H3,(H,25,31). The minimum atomic E-state index is -0.181. The molecule has 1 amide bonds. The second-order valence-corrected chi connectivity index (χ2v) is 9.20. The zero-order valence-electron chi connectivity index (χ0n) is 18.6. The molecule has 9 heteroatoms. The van der Waals surface area contributed by atoms with Crippen molar-refractivity contribution < 1.29 is 4.79 Å². The summed E-state index contributed by atoms with van der Waals surface area (Å²) in [5, 5.41) is 25.2. The summed E-state index contributed by atoms with van der Waals surface area (Å²) >= 11 is 1.27. The molecule has 32 heavy (non-hydrogen) atoms. The second-order valence-electron chi connectivity index (χ2n) is 8.26. The zero-order valence-corrected chi connectivity index (χ0v) is 19.4. The summed E-state index contributed by atoms with van der Waals surface area (Å²) in [7, 11) is 0. The van der Waals surface area contributed by atoms with Crippen LogP contribution in [-0.2, 0) is 4.79 Å². The number of carbonyl (C=O) groups is 1. The molecule has 2 heterocycles. The fourth-order valence-corrected chi connectivity index (χ4v) is 5.06. The topological polar surface area (TPSA) is 101 Å². The van der Waals surface area contributed by atoms with E-state index >= 15 is 0 Å². The molecule has 1 aliphatic rings. The third-order valence-electron chi connectivity index (χ3n) is 6.09. The Hall–Kier alpha value is -3.12. The number of nitrogens with one attached hydrogen (secondary N) is 1. The molecule has 1 saturated carbocycles. The Morgan fingerprint density at radius 2 is 2.03 bits per heavy atom. The van der Waals surface area contributed by atoms with E-state index in [4.69, 9.17) is 0 Å². The van der Waals surface area contributed by atoms with Crippen molar-refractivity contribution in [2.24, 2.45) is 0 Å². The summed E-state index contributed by atoms with van der Waals surface area (Å²) in [6, 6.07) is 10.5. The predicted octanol–water partition coefficient (Wildman–Crippen LogP) is 4.50. The Balaban J connectivity index is 1.52. The molecule has 0 unspecified atom stereocenters. The zero-order chi connectivity index (χ0) is 22.7. The molecule has 1 fully saturated rings. The smallest absolute Gasteiger partial charge is 0.235 e. The van der Waals surface area contributed by atoms with E-state index in [-0.39, 0.29) is 11.7 Å². The van der Waals surface area contributed by atoms with Crippen molar-refractivity contribution >= 4 is 23.5 Å². The number of nitrogens with zero attached hydrogens (tertiary/aromatic N) is 6. The van der Waals surface area contributed by atoms with E-state index < -0.39 is 0 Å². The molecule has 1 N–H and O–H groups in total. The predicted molar refractivity (Wildman–Crippen MR) is 124 cm³/mol. The van der Waals surface area contributed by atoms with E-state index in [1.807, 2.05) is 45.0 Å². The van der Waals surface area contributed by atoms with E-state index in [0.29, 0.717) is 22.6 Å². The quantitative estimate of drug-likeness (QED) is 0.556. The summed E-state index contributed by atoms with van der Waals surface area (Å²) in [4.78, 5) is 12.9. The average Bonchev–Trinajstić information content (AvgIpc) is 3.35. The Bertz CT molecular complexity index is 1170. The van der Waals surface area contributed by atoms with Gasteiger partial charge in [0.2, 0.25) is 11.1 Å². The van der Waals surface area contributed by atoms with Crippen LogP contribution in [0.25, 0.3) is 5.69 Å². The van der Waals surface area contributed by atoms with Crippen LogP contribution in [0.15, 0.2) is 29.4 Å². The highest BCUT2D eigenvalue weighted by Crippen LogP contribution is 2.36. The number of hydrogen-bond acceptors (Lipinski definition) is 6. The molecule has 4 rings (SSSR count). The lowest BCUT2D eigenvalue weighted by atomic mass is 9.95. The summed E-state index contributed by atoms with van der Waals surface area (Å²) in [5.41, 5.74) is 4.49. The van der Waals surface area contributed by atoms with Gasteiger partial charge in [0.1, 0.15) is 11.9 Å². The molecular weight excluding hydrogens is 422 g/mol. The lowest BCUT2D eigenvalue weighted by Crippen LogP contribution is -2.22. The number of carbonyl (C=O) groups excluding carboxylic acids is 1. The average molecular weight is 450 g/mol. The highest BCUT2D eigenvalue weighted by molar-refractivity contribution is 7.99. The number of nitriles is 1. The maximum Gasteiger partial charge on any atom is 0.235 e. The number of thioether (sulfide) groups is 1. The van der Waals surface area contributed by atoms with Crippen LogP contribution in [-0.4, -0.2) is 36.4 Å². The molecule has 166 valence electrons. The van der Waals surface area contributed by atoms with E-state index in [2.05, 4.69) is 31.5 Å². The molecule has 0 radical (unpaired) electrons. The number of aromatic nitrogens is 5. The van der Waals surface area contributed by atoms with Crippen LogP contribution in [0.5, 0.6) is 0 Å². The van der Waals surface area contributed by atoms with Crippen molar-refractivity contribution in [1.82, 2.24) is 24.8 Å². The van der Waals surface area contributed by atoms with E-state index in [1.54, 1.807) is 4.68 Å². The molecule has 0 saturated heterocycles. The van der Waals surface area contributed by atoms with Gasteiger partial charge in [-0.3, -0.25) is 4.79 Å². The Labute approximate surface area is 192 Å². The maximum absolute atomic E-state index is 12.9. The molecule has 0 spiro atoms. The first-order valence-electron chi connectivity index (χ1n) is 10.9. The van der Waals surface area contributed by atoms with Crippen LogP contribution in [0.2, 0.25) is 0 Å². The molecule has 1 aromatic carbocycles. The summed E-state index contributed by atoms with van der Waals surface area (Å²) in [6.45, 7) is 5.99. The number of anilines is 1. The van der Waals surface area contributed by atoms with Gasteiger partial charge >= 0.3 is 0 Å². The van der Waals surface area contributed by atoms with Crippen molar-refractivity contribution in [1.29, 1.82) is 5.26 Å². The fraction of sp³-hybridized carbons (Fsp3) is 0.435. The van der Waals surface area contributed by atoms with Gasteiger partial charge in [0.05, 0.1) is 17.0 Å². The molecule has 0 aliphatic heterocycles. The first-order chi connectivity index (χ1) is 15.5. The van der Waals surface area contributed by atoms with Crippen molar-refractivity contribution in [3.8, 4) is 11.8 Å². The first-order valence-corrected chi connectivity index (χ1v) is 11.9. The first kappa shape index (κ1) is 22.1. The SMILES string of the molecule is Cc1cccc(-n2nnnc2SCC(=O)Nc2c(C#N)c(C)c(C)n2C2CCCCC2)c1. The van der Waals surface area contributed by atoms with Gasteiger partial charge in [-0.1, -0.05) is 43.2 Å². The van der Waals surface area contributed by atoms with Gasteiger partial charge in [-0.2, -0.15) is 9.94 Å². The third kappa shape index (κ3) is 4.41. The summed E-state index contributed by atoms with van der Waals surface area (Å²) < 4.78 is 3.80. The van der Waals surface area contributed by atoms with Gasteiger partial charge < -0.3 is 9.88 Å². The Morgan fingerprint density at radius 1 is 1.25 bits per heavy atom. The lowest BCUT2D eigenvalue weighted by molar-refractivity contribution is -0.113. The highest BCUT2D eigenvalue weighted by Gasteiger charge is 2.26. The molecule has 2 aromatic heterocycles. The number of tetrazole rings is 1. The van der Waals surface area contributed by atoms with Gasteiger partial charge in [-0.05, 0) is 67.3 Å². The molecule has 8 nitrogen and oxygen atoms in total. The van der Waals surface area contributed by atoms with Gasteiger partial charge in [-0.15, -0.1) is 5.10 Å². The number of benzene rings is 1. The molecule has 3 aromatic rings. The van der Waals surface area contributed by atoms with Crippen molar-refractivity contribution in [3.63, 3.8) is 0 Å². The van der Waals surface area contributed by atoms with Crippen LogP contribution in [0.3, 0.4) is 0 Å². The van der Waals surface area contributed by atoms with Gasteiger partial charge in [0.25, 0.3) is 0 Å². The highest BCUT2D eigenvalue weighted by atomic mass is 32.2. The molecular formula is C23H27N7OS. The number of amides is 1. The van der Waals surface area contributed by atoms with Crippen LogP contribution < -0.4 is 5.32 Å². The van der Waals surface area contributed by atoms with Crippen molar-refractivity contribution in [2.45, 2.75) is 64.1 Å². The maximum atomic E-state index is 12.9. The van der Waals surface area contributed by atoms with Gasteiger partial charge in [0.15, 0.2) is 0 Å². The monoisotopic (exact) mass is 449 g/mol. The Morgan fingerprint density at radius 3 is 2.75 bits per heavy atom. The van der Waals surface area contributed by atoms with Crippen LogP contribution in [0.1, 0.15) is 60.5 Å². The summed E-state index contributed by atoms with van der Waals surface area (Å²) in [5.74, 6) is 0.587. The number of rotatable bonds is 6. The second kappa shape index (κ2) is 9.57. The Kier molecular flexibility index (Phi) is 6.61. The minimum Gasteiger partial charge on any atom is -0.327 e. The number of hydrogen-bond donors (Lipinski definition) is 1. The largest absolute Gasteiger partial charge is 0.327 e. The molecule has 0 bridgehead atoms. The van der Waals surface area contributed by atoms with Gasteiger partial charge in [0, 0.05) is 11.7 Å². The molecule has 0 atom stereocenters. The van der Waals surface area contributed by atoms with Crippen LogP contribution >= 0.6 is 11.8 Å². The van der Waals surface area contributed by atoms with E-state index in [1.165, 1.54) is 31.0 Å². The fourth-order valence-electron chi connectivity index (χ4n) is 4.37. The van der Waals surface area contributed by atoms with Crippen LogP contribution in [0, 0.1) is 32.1 Å². The van der Waals surface area contributed by atoms with E-state index in [9.17, 15) is 10.1 Å². The lowest BCUT2D eigenvalue weighted by Gasteiger charge is -2.27. The third-order valence-corrected chi connectivity index (χ3v) is 7.01. The molecule has 1 aliphatic carbocycles. The van der Waals surface area contributed by atoms with E-state index in [0.717, 1.165) is 35.3 Å². The normalized spacial score (nSPS) is 14.3. The number of aryl methyl sites for hydroxylation is 1.